The Morgan fingerprint density at radius 3 is 2.64 bits per heavy atom. The quantitative estimate of drug-likeness (QED) is 0.666. The number of phenolic OH excluding ortho intramolecular Hbond substituents is 1. The lowest BCUT2D eigenvalue weighted by Crippen LogP contribution is -2.33. The Bertz CT molecular complexity index is 760. The number of aromatic hydroxyl groups is 1. The van der Waals surface area contributed by atoms with E-state index in [0.717, 1.165) is 11.3 Å². The minimum absolute atomic E-state index is 0.159. The number of benzene rings is 2. The molecule has 1 fully saturated rings. The molecule has 0 aliphatic carbocycles. The predicted octanol–water partition coefficient (Wildman–Crippen LogP) is 3.62. The van der Waals surface area contributed by atoms with Crippen molar-refractivity contribution in [3.63, 3.8) is 0 Å². The van der Waals surface area contributed by atoms with Crippen molar-refractivity contribution in [1.29, 1.82) is 0 Å². The number of rotatable bonds is 3. The fourth-order valence-corrected chi connectivity index (χ4v) is 3.15. The molecule has 22 heavy (non-hydrogen) atoms. The maximum Gasteiger partial charge on any atom is 0.285 e. The minimum atomic E-state index is -0.206. The largest absolute Gasteiger partial charge is 0.508 e. The van der Waals surface area contributed by atoms with Crippen LogP contribution in [0.3, 0.4) is 0 Å². The van der Waals surface area contributed by atoms with Crippen LogP contribution in [0.2, 0.25) is 0 Å². The maximum absolute atomic E-state index is 12.4. The summed E-state index contributed by atoms with van der Waals surface area (Å²) in [6.45, 7) is 0. The fourth-order valence-electron chi connectivity index (χ4n) is 1.97. The van der Waals surface area contributed by atoms with Crippen molar-refractivity contribution in [2.75, 3.05) is 5.43 Å². The first-order valence-electron chi connectivity index (χ1n) is 6.52. The number of carbonyl (C=O) groups is 1. The summed E-state index contributed by atoms with van der Waals surface area (Å²) in [5, 5.41) is 10.8. The summed E-state index contributed by atoms with van der Waals surface area (Å²) in [4.78, 5) is 12.9. The Balaban J connectivity index is 1.82. The third-order valence-electron chi connectivity index (χ3n) is 2.98. The Labute approximate surface area is 137 Å². The Kier molecular flexibility index (Phi) is 4.13. The van der Waals surface area contributed by atoms with E-state index < -0.39 is 0 Å². The van der Waals surface area contributed by atoms with E-state index in [2.05, 4.69) is 5.43 Å². The van der Waals surface area contributed by atoms with Gasteiger partial charge in [0.2, 0.25) is 0 Å². The molecule has 0 bridgehead atoms. The number of thioether (sulfide) groups is 1. The van der Waals surface area contributed by atoms with Crippen molar-refractivity contribution in [2.24, 2.45) is 0 Å². The van der Waals surface area contributed by atoms with Crippen LogP contribution in [0.5, 0.6) is 5.75 Å². The molecule has 0 spiro atoms. The van der Waals surface area contributed by atoms with E-state index in [1.807, 2.05) is 36.4 Å². The van der Waals surface area contributed by atoms with Gasteiger partial charge in [-0.1, -0.05) is 42.1 Å². The number of thiocarbonyl (C=S) groups is 1. The van der Waals surface area contributed by atoms with Gasteiger partial charge in [-0.15, -0.1) is 0 Å². The number of phenols is 1. The highest BCUT2D eigenvalue weighted by atomic mass is 32.2. The van der Waals surface area contributed by atoms with Crippen LogP contribution in [0.1, 0.15) is 5.56 Å². The van der Waals surface area contributed by atoms with E-state index in [1.54, 1.807) is 24.3 Å². The van der Waals surface area contributed by atoms with Gasteiger partial charge in [-0.3, -0.25) is 10.2 Å². The molecule has 3 rings (SSSR count). The molecule has 0 unspecified atom stereocenters. The molecular weight excluding hydrogens is 316 g/mol. The van der Waals surface area contributed by atoms with Crippen molar-refractivity contribution in [1.82, 2.24) is 5.01 Å². The number of para-hydroxylation sites is 1. The minimum Gasteiger partial charge on any atom is -0.508 e. The van der Waals surface area contributed by atoms with Gasteiger partial charge < -0.3 is 5.11 Å². The molecule has 0 radical (unpaired) electrons. The molecule has 6 heteroatoms. The fraction of sp³-hybridized carbons (Fsp3) is 0. The van der Waals surface area contributed by atoms with Gasteiger partial charge in [0.05, 0.1) is 10.6 Å². The molecule has 4 nitrogen and oxygen atoms in total. The molecule has 1 aliphatic heterocycles. The van der Waals surface area contributed by atoms with Crippen LogP contribution in [0.25, 0.3) is 6.08 Å². The Hall–Kier alpha value is -2.31. The van der Waals surface area contributed by atoms with E-state index in [-0.39, 0.29) is 11.7 Å². The maximum atomic E-state index is 12.4. The van der Waals surface area contributed by atoms with Gasteiger partial charge in [-0.05, 0) is 48.1 Å². The van der Waals surface area contributed by atoms with Gasteiger partial charge in [0.1, 0.15) is 5.75 Å². The number of anilines is 1. The number of amides is 1. The summed E-state index contributed by atoms with van der Waals surface area (Å²) in [6, 6.07) is 16.1. The van der Waals surface area contributed by atoms with Crippen LogP contribution in [0, 0.1) is 0 Å². The van der Waals surface area contributed by atoms with Crippen LogP contribution in [-0.2, 0) is 4.79 Å². The van der Waals surface area contributed by atoms with Crippen molar-refractivity contribution in [3.05, 3.63) is 65.1 Å². The Morgan fingerprint density at radius 2 is 1.91 bits per heavy atom. The third kappa shape index (κ3) is 3.13. The number of hydrogen-bond donors (Lipinski definition) is 2. The van der Waals surface area contributed by atoms with Crippen LogP contribution in [0.15, 0.2) is 59.5 Å². The zero-order valence-corrected chi connectivity index (χ0v) is 13.0. The van der Waals surface area contributed by atoms with Gasteiger partial charge in [0.25, 0.3) is 5.91 Å². The highest BCUT2D eigenvalue weighted by molar-refractivity contribution is 8.26. The number of carbonyl (C=O) groups excluding carboxylic acids is 1. The van der Waals surface area contributed by atoms with Crippen LogP contribution < -0.4 is 5.43 Å². The molecule has 1 heterocycles. The summed E-state index contributed by atoms with van der Waals surface area (Å²) >= 11 is 6.48. The average molecular weight is 328 g/mol. The zero-order chi connectivity index (χ0) is 15.5. The van der Waals surface area contributed by atoms with E-state index in [0.29, 0.717) is 9.23 Å². The van der Waals surface area contributed by atoms with Gasteiger partial charge in [-0.25, -0.2) is 5.01 Å². The Morgan fingerprint density at radius 1 is 1.14 bits per heavy atom. The molecule has 2 aromatic carbocycles. The van der Waals surface area contributed by atoms with Gasteiger partial charge in [0, 0.05) is 0 Å². The molecule has 110 valence electrons. The number of nitrogens with one attached hydrogen (secondary N) is 1. The topological polar surface area (TPSA) is 52.6 Å². The molecule has 1 aliphatic rings. The predicted molar refractivity (Wildman–Crippen MR) is 93.2 cm³/mol. The lowest BCUT2D eigenvalue weighted by molar-refractivity contribution is -0.121. The molecule has 1 amide bonds. The van der Waals surface area contributed by atoms with Crippen molar-refractivity contribution >= 4 is 46.0 Å². The summed E-state index contributed by atoms with van der Waals surface area (Å²) in [5.74, 6) is -0.0474. The van der Waals surface area contributed by atoms with Crippen molar-refractivity contribution in [3.8, 4) is 5.75 Å². The summed E-state index contributed by atoms with van der Waals surface area (Å²) in [7, 11) is 0. The first-order valence-corrected chi connectivity index (χ1v) is 7.75. The van der Waals surface area contributed by atoms with Crippen LogP contribution in [0.4, 0.5) is 5.69 Å². The molecule has 0 aromatic heterocycles. The van der Waals surface area contributed by atoms with E-state index in [1.165, 1.54) is 16.8 Å². The van der Waals surface area contributed by atoms with Gasteiger partial charge in [-0.2, -0.15) is 0 Å². The second-order valence-corrected chi connectivity index (χ2v) is 6.27. The summed E-state index contributed by atoms with van der Waals surface area (Å²) < 4.78 is 0.445. The first-order chi connectivity index (χ1) is 10.6. The van der Waals surface area contributed by atoms with Crippen molar-refractivity contribution < 1.29 is 9.90 Å². The van der Waals surface area contributed by atoms with Gasteiger partial charge >= 0.3 is 0 Å². The normalized spacial score (nSPS) is 16.4. The zero-order valence-electron chi connectivity index (χ0n) is 11.4. The molecule has 1 saturated heterocycles. The smallest absolute Gasteiger partial charge is 0.285 e. The number of hydrogen-bond acceptors (Lipinski definition) is 5. The van der Waals surface area contributed by atoms with Crippen LogP contribution >= 0.6 is 24.0 Å². The lowest BCUT2D eigenvalue weighted by atomic mass is 10.2. The highest BCUT2D eigenvalue weighted by Crippen LogP contribution is 2.33. The molecule has 2 aromatic rings. The standard InChI is InChI=1S/C16H12N2O2S2/c19-13-8-4-5-11(9-13)10-14-15(20)18(16(21)22-14)17-12-6-2-1-3-7-12/h1-10,17,19H/b14-10-. The second kappa shape index (κ2) is 6.21. The number of nitrogens with zero attached hydrogens (tertiary/aromatic N) is 1. The number of hydrazine groups is 1. The average Bonchev–Trinajstić information content (AvgIpc) is 2.76. The van der Waals surface area contributed by atoms with E-state index in [9.17, 15) is 9.90 Å². The van der Waals surface area contributed by atoms with Crippen LogP contribution in [-0.4, -0.2) is 20.3 Å². The highest BCUT2D eigenvalue weighted by Gasteiger charge is 2.32. The SMILES string of the molecule is O=C1/C(=C/c2cccc(O)c2)SC(=S)N1Nc1ccccc1. The van der Waals surface area contributed by atoms with Crippen molar-refractivity contribution in [2.45, 2.75) is 0 Å². The van der Waals surface area contributed by atoms with E-state index >= 15 is 0 Å². The molecule has 2 N–H and O–H groups in total. The third-order valence-corrected chi connectivity index (χ3v) is 4.28. The van der Waals surface area contributed by atoms with E-state index in [4.69, 9.17) is 12.2 Å². The van der Waals surface area contributed by atoms with Gasteiger partial charge in [0.15, 0.2) is 4.32 Å². The molecule has 0 atom stereocenters. The first kappa shape index (κ1) is 14.6. The summed E-state index contributed by atoms with van der Waals surface area (Å²) in [6.07, 6.45) is 1.71. The monoisotopic (exact) mass is 328 g/mol. The molecular formula is C16H12N2O2S2. The summed E-state index contributed by atoms with van der Waals surface area (Å²) in [5.41, 5.74) is 4.54. The molecule has 0 saturated carbocycles. The second-order valence-electron chi connectivity index (χ2n) is 4.59. The lowest BCUT2D eigenvalue weighted by Gasteiger charge is -2.16.